The van der Waals surface area contributed by atoms with Gasteiger partial charge in [0.05, 0.1) is 85.2 Å². The van der Waals surface area contributed by atoms with Crippen LogP contribution >= 0.6 is 0 Å². The molecule has 0 aliphatic rings. The molecule has 0 amide bonds. The molecular formula is C41H82N2O8. The molecule has 0 atom stereocenters. The lowest BCUT2D eigenvalue weighted by molar-refractivity contribution is -0.885. The third-order valence-corrected chi connectivity index (χ3v) is 9.71. The van der Waals surface area contributed by atoms with Gasteiger partial charge in [0, 0.05) is 13.2 Å². The lowest BCUT2D eigenvalue weighted by Gasteiger charge is -2.35. The van der Waals surface area contributed by atoms with Crippen LogP contribution in [0.5, 0.6) is 0 Å². The summed E-state index contributed by atoms with van der Waals surface area (Å²) in [6, 6.07) is 0. The van der Waals surface area contributed by atoms with Crippen LogP contribution in [0.4, 0.5) is 0 Å². The summed E-state index contributed by atoms with van der Waals surface area (Å²) in [5.41, 5.74) is -0.548. The number of carboxylic acids is 2. The fourth-order valence-electron chi connectivity index (χ4n) is 6.27. The molecule has 0 fully saturated rings. The van der Waals surface area contributed by atoms with Crippen molar-refractivity contribution in [3.05, 3.63) is 0 Å². The monoisotopic (exact) mass is 731 g/mol. The summed E-state index contributed by atoms with van der Waals surface area (Å²) in [5.74, 6) is -2.16. The maximum absolute atomic E-state index is 11.2. The number of hydrogen-bond donors (Lipinski definition) is 0. The van der Waals surface area contributed by atoms with Crippen LogP contribution in [-0.4, -0.2) is 128 Å². The molecule has 0 unspecified atom stereocenters. The van der Waals surface area contributed by atoms with E-state index in [2.05, 4.69) is 13.8 Å². The highest BCUT2D eigenvalue weighted by molar-refractivity contribution is 5.65. The van der Waals surface area contributed by atoms with E-state index in [4.69, 9.17) is 18.9 Å². The van der Waals surface area contributed by atoms with Gasteiger partial charge in [-0.05, 0) is 12.8 Å². The standard InChI is InChI=1S/C41H82N2O8/c1-7-9-11-13-15-17-19-21-23-25-29-48-35-41(37-50-31-27-42(3,4)33-39(44)45,38-51-32-28-43(5,6)34-40(46)47)36-49-30-26-24-22-20-18-16-14-12-10-8-2/h7-38H2,1-6H3. The number of likely N-dealkylation sites (N-methyl/N-ethyl adjacent to an activating group) is 2. The number of ether oxygens (including phenoxy) is 4. The summed E-state index contributed by atoms with van der Waals surface area (Å²) < 4.78 is 25.6. The van der Waals surface area contributed by atoms with Crippen molar-refractivity contribution in [1.82, 2.24) is 0 Å². The van der Waals surface area contributed by atoms with Crippen molar-refractivity contribution >= 4 is 11.9 Å². The van der Waals surface area contributed by atoms with Crippen molar-refractivity contribution in [2.75, 3.05) is 107 Å². The molecule has 0 aliphatic heterocycles. The lowest BCUT2D eigenvalue weighted by atomic mass is 9.92. The van der Waals surface area contributed by atoms with Crippen LogP contribution in [0.15, 0.2) is 0 Å². The molecule has 0 saturated heterocycles. The first-order valence-corrected chi connectivity index (χ1v) is 20.7. The number of hydrogen-bond acceptors (Lipinski definition) is 8. The summed E-state index contributed by atoms with van der Waals surface area (Å²) in [7, 11) is 7.42. The summed E-state index contributed by atoms with van der Waals surface area (Å²) in [4.78, 5) is 22.4. The molecule has 10 heteroatoms. The molecule has 0 spiro atoms. The molecule has 51 heavy (non-hydrogen) atoms. The Morgan fingerprint density at radius 3 is 0.961 bits per heavy atom. The zero-order valence-electron chi connectivity index (χ0n) is 34.3. The zero-order valence-corrected chi connectivity index (χ0v) is 34.3. The van der Waals surface area contributed by atoms with Gasteiger partial charge in [0.1, 0.15) is 26.2 Å². The molecule has 304 valence electrons. The molecule has 0 radical (unpaired) electrons. The molecule has 10 nitrogen and oxygen atoms in total. The van der Waals surface area contributed by atoms with E-state index in [0.717, 1.165) is 25.7 Å². The smallest absolute Gasteiger partial charge is 0.119 e. The Balaban J connectivity index is 5.17. The predicted octanol–water partition coefficient (Wildman–Crippen LogP) is 5.53. The maximum atomic E-state index is 11.2. The maximum Gasteiger partial charge on any atom is 0.119 e. The molecule has 0 aromatic heterocycles. The van der Waals surface area contributed by atoms with Crippen LogP contribution in [0.25, 0.3) is 0 Å². The van der Waals surface area contributed by atoms with Crippen LogP contribution in [-0.2, 0) is 28.5 Å². The molecule has 0 bridgehead atoms. The third kappa shape index (κ3) is 33.0. The van der Waals surface area contributed by atoms with E-state index in [-0.39, 0.29) is 22.1 Å². The minimum atomic E-state index is -1.08. The number of rotatable bonds is 40. The van der Waals surface area contributed by atoms with Gasteiger partial charge in [-0.25, -0.2) is 0 Å². The molecule has 0 saturated carbocycles. The molecule has 0 aromatic carbocycles. The average Bonchev–Trinajstić information content (AvgIpc) is 3.05. The Morgan fingerprint density at radius 1 is 0.431 bits per heavy atom. The number of carbonyl (C=O) groups excluding carboxylic acids is 2. The highest BCUT2D eigenvalue weighted by Crippen LogP contribution is 2.22. The molecule has 0 aliphatic carbocycles. The largest absolute Gasteiger partial charge is 0.544 e. The van der Waals surface area contributed by atoms with Gasteiger partial charge in [-0.15, -0.1) is 0 Å². The van der Waals surface area contributed by atoms with Gasteiger partial charge in [-0.1, -0.05) is 129 Å². The molecule has 0 heterocycles. The normalized spacial score (nSPS) is 12.5. The number of unbranched alkanes of at least 4 members (excludes halogenated alkanes) is 18. The zero-order chi connectivity index (χ0) is 38.1. The van der Waals surface area contributed by atoms with E-state index in [0.29, 0.717) is 65.9 Å². The Labute approximate surface area is 314 Å². The number of nitrogens with zero attached hydrogens (tertiary/aromatic N) is 2. The van der Waals surface area contributed by atoms with Gasteiger partial charge in [0.25, 0.3) is 0 Å². The lowest BCUT2D eigenvalue weighted by Crippen LogP contribution is -2.51. The summed E-state index contributed by atoms with van der Waals surface area (Å²) in [5, 5.41) is 22.4. The third-order valence-electron chi connectivity index (χ3n) is 9.71. The Hall–Kier alpha value is -1.30. The van der Waals surface area contributed by atoms with Crippen LogP contribution in [0, 0.1) is 5.41 Å². The van der Waals surface area contributed by atoms with Crippen molar-refractivity contribution in [2.24, 2.45) is 5.41 Å². The molecule has 0 N–H and O–H groups in total. The van der Waals surface area contributed by atoms with Gasteiger partial charge in [-0.2, -0.15) is 0 Å². The van der Waals surface area contributed by atoms with Crippen LogP contribution in [0.1, 0.15) is 142 Å². The van der Waals surface area contributed by atoms with Gasteiger partial charge in [-0.3, -0.25) is 0 Å². The number of quaternary nitrogens is 2. The number of carbonyl (C=O) groups is 2. The van der Waals surface area contributed by atoms with E-state index >= 15 is 0 Å². The van der Waals surface area contributed by atoms with Crippen LogP contribution in [0.3, 0.4) is 0 Å². The summed E-state index contributed by atoms with van der Waals surface area (Å²) in [6.45, 7) is 9.06. The topological polar surface area (TPSA) is 117 Å². The quantitative estimate of drug-likeness (QED) is 0.0597. The molecule has 0 aromatic rings. The Bertz CT molecular complexity index is 757. The fourth-order valence-corrected chi connectivity index (χ4v) is 6.27. The van der Waals surface area contributed by atoms with Gasteiger partial charge < -0.3 is 47.7 Å². The number of carboxylic acid groups (broad SMARTS) is 2. The van der Waals surface area contributed by atoms with Crippen molar-refractivity contribution in [1.29, 1.82) is 0 Å². The van der Waals surface area contributed by atoms with Gasteiger partial charge >= 0.3 is 0 Å². The van der Waals surface area contributed by atoms with E-state index in [1.54, 1.807) is 0 Å². The van der Waals surface area contributed by atoms with Gasteiger partial charge in [0.15, 0.2) is 0 Å². The van der Waals surface area contributed by atoms with E-state index in [1.165, 1.54) is 103 Å². The fraction of sp³-hybridized carbons (Fsp3) is 0.951. The summed E-state index contributed by atoms with van der Waals surface area (Å²) >= 11 is 0. The van der Waals surface area contributed by atoms with Crippen molar-refractivity contribution < 1.29 is 47.7 Å². The minimum absolute atomic E-state index is 0.0819. The van der Waals surface area contributed by atoms with E-state index < -0.39 is 17.4 Å². The first kappa shape index (κ1) is 49.7. The number of aliphatic carboxylic acids is 2. The second-order valence-corrected chi connectivity index (χ2v) is 16.5. The first-order chi connectivity index (χ1) is 24.4. The van der Waals surface area contributed by atoms with Crippen LogP contribution in [0.2, 0.25) is 0 Å². The highest BCUT2D eigenvalue weighted by atomic mass is 16.5. The van der Waals surface area contributed by atoms with Crippen molar-refractivity contribution in [3.8, 4) is 0 Å². The molecule has 0 rings (SSSR count). The second kappa shape index (κ2) is 32.2. The van der Waals surface area contributed by atoms with Gasteiger partial charge in [0.2, 0.25) is 0 Å². The molecular weight excluding hydrogens is 648 g/mol. The SMILES string of the molecule is CCCCCCCCCCCCOCC(COCCCCCCCCCCCC)(COCC[N+](C)(C)CC(=O)[O-])COCC[N+](C)(C)CC(=O)[O-]. The Morgan fingerprint density at radius 2 is 0.686 bits per heavy atom. The van der Waals surface area contributed by atoms with E-state index in [9.17, 15) is 19.8 Å². The highest BCUT2D eigenvalue weighted by Gasteiger charge is 2.33. The second-order valence-electron chi connectivity index (χ2n) is 16.5. The average molecular weight is 731 g/mol. The summed E-state index contributed by atoms with van der Waals surface area (Å²) in [6.07, 6.45) is 25.3. The minimum Gasteiger partial charge on any atom is -0.544 e. The predicted molar refractivity (Wildman–Crippen MR) is 203 cm³/mol. The first-order valence-electron chi connectivity index (χ1n) is 20.7. The van der Waals surface area contributed by atoms with E-state index in [1.807, 2.05) is 28.2 Å². The Kier molecular flexibility index (Phi) is 31.3. The van der Waals surface area contributed by atoms with Crippen molar-refractivity contribution in [3.63, 3.8) is 0 Å². The van der Waals surface area contributed by atoms with Crippen LogP contribution < -0.4 is 10.2 Å². The van der Waals surface area contributed by atoms with Crippen molar-refractivity contribution in [2.45, 2.75) is 142 Å².